The Morgan fingerprint density at radius 1 is 1.10 bits per heavy atom. The van der Waals surface area contributed by atoms with E-state index in [1.807, 2.05) is 24.3 Å². The highest BCUT2D eigenvalue weighted by molar-refractivity contribution is 6.42. The van der Waals surface area contributed by atoms with Gasteiger partial charge in [0.15, 0.2) is 0 Å². The van der Waals surface area contributed by atoms with Gasteiger partial charge in [0, 0.05) is 0 Å². The van der Waals surface area contributed by atoms with Crippen LogP contribution in [0.2, 0.25) is 10.0 Å². The third-order valence-electron chi connectivity index (χ3n) is 4.27. The first-order valence-electron chi connectivity index (χ1n) is 6.79. The Bertz CT molecular complexity index is 653. The second-order valence-electron chi connectivity index (χ2n) is 5.52. The summed E-state index contributed by atoms with van der Waals surface area (Å²) < 4.78 is 0. The van der Waals surface area contributed by atoms with Gasteiger partial charge in [-0.1, -0.05) is 60.5 Å². The minimum Gasteiger partial charge on any atom is -0.380 e. The summed E-state index contributed by atoms with van der Waals surface area (Å²) in [5.74, 6) is 0.467. The zero-order valence-corrected chi connectivity index (χ0v) is 12.7. The number of halogens is 2. The Labute approximate surface area is 129 Å². The third-order valence-corrected chi connectivity index (χ3v) is 5.01. The Morgan fingerprint density at radius 2 is 1.85 bits per heavy atom. The standard InChI is InChI=1S/C17H16Cl2O/c1-11-8-9-17(20,14-5-3-2-4-13(11)14)12-6-7-15(18)16(19)10-12/h2-7,10-11,20H,8-9H2,1H3. The molecule has 0 aromatic heterocycles. The molecule has 0 aliphatic heterocycles. The number of aliphatic hydroxyl groups is 1. The molecule has 1 aliphatic carbocycles. The van der Waals surface area contributed by atoms with Crippen LogP contribution in [0.25, 0.3) is 0 Å². The van der Waals surface area contributed by atoms with Crippen molar-refractivity contribution in [2.24, 2.45) is 0 Å². The molecule has 2 aromatic carbocycles. The van der Waals surface area contributed by atoms with Crippen molar-refractivity contribution in [3.05, 3.63) is 69.2 Å². The summed E-state index contributed by atoms with van der Waals surface area (Å²) in [5, 5.41) is 12.2. The van der Waals surface area contributed by atoms with Crippen LogP contribution in [-0.2, 0) is 5.60 Å². The molecule has 0 saturated heterocycles. The van der Waals surface area contributed by atoms with Gasteiger partial charge in [0.05, 0.1) is 10.0 Å². The molecule has 0 fully saturated rings. The Hall–Kier alpha value is -1.02. The van der Waals surface area contributed by atoms with Crippen LogP contribution in [0.15, 0.2) is 42.5 Å². The van der Waals surface area contributed by atoms with Gasteiger partial charge in [-0.15, -0.1) is 0 Å². The molecule has 0 bridgehead atoms. The average Bonchev–Trinajstić information content (AvgIpc) is 2.46. The number of rotatable bonds is 1. The van der Waals surface area contributed by atoms with Gasteiger partial charge in [0.2, 0.25) is 0 Å². The van der Waals surface area contributed by atoms with Crippen LogP contribution in [0.1, 0.15) is 42.4 Å². The molecule has 3 heteroatoms. The van der Waals surface area contributed by atoms with E-state index in [1.165, 1.54) is 5.56 Å². The smallest absolute Gasteiger partial charge is 0.115 e. The fraction of sp³-hybridized carbons (Fsp3) is 0.294. The molecule has 2 unspecified atom stereocenters. The lowest BCUT2D eigenvalue weighted by Gasteiger charge is -2.38. The summed E-state index contributed by atoms with van der Waals surface area (Å²) >= 11 is 12.1. The van der Waals surface area contributed by atoms with E-state index in [9.17, 15) is 5.11 Å². The largest absolute Gasteiger partial charge is 0.380 e. The van der Waals surface area contributed by atoms with Crippen molar-refractivity contribution in [1.29, 1.82) is 0 Å². The van der Waals surface area contributed by atoms with E-state index in [1.54, 1.807) is 12.1 Å². The highest BCUT2D eigenvalue weighted by Gasteiger charge is 2.38. The second kappa shape index (κ2) is 5.07. The maximum atomic E-state index is 11.2. The Kier molecular flexibility index (Phi) is 3.53. The first-order chi connectivity index (χ1) is 9.52. The topological polar surface area (TPSA) is 20.2 Å². The predicted octanol–water partition coefficient (Wildman–Crippen LogP) is 5.13. The SMILES string of the molecule is CC1CCC(O)(c2ccc(Cl)c(Cl)c2)c2ccccc21. The number of hydrogen-bond acceptors (Lipinski definition) is 1. The first-order valence-corrected chi connectivity index (χ1v) is 7.55. The fourth-order valence-electron chi connectivity index (χ4n) is 3.07. The van der Waals surface area contributed by atoms with Crippen LogP contribution >= 0.6 is 23.2 Å². The van der Waals surface area contributed by atoms with E-state index < -0.39 is 5.60 Å². The lowest BCUT2D eigenvalue weighted by Crippen LogP contribution is -2.32. The van der Waals surface area contributed by atoms with Crippen LogP contribution in [0.5, 0.6) is 0 Å². The van der Waals surface area contributed by atoms with Gasteiger partial charge in [-0.25, -0.2) is 0 Å². The van der Waals surface area contributed by atoms with E-state index >= 15 is 0 Å². The molecule has 0 radical (unpaired) electrons. The number of hydrogen-bond donors (Lipinski definition) is 1. The molecule has 1 N–H and O–H groups in total. The number of benzene rings is 2. The quantitative estimate of drug-likeness (QED) is 0.774. The van der Waals surface area contributed by atoms with E-state index in [0.29, 0.717) is 22.4 Å². The molecule has 1 aliphatic rings. The van der Waals surface area contributed by atoms with Gasteiger partial charge in [-0.05, 0) is 47.6 Å². The minimum absolute atomic E-state index is 0.467. The molecule has 2 atom stereocenters. The Morgan fingerprint density at radius 3 is 2.60 bits per heavy atom. The van der Waals surface area contributed by atoms with Crippen LogP contribution in [0.3, 0.4) is 0 Å². The molecule has 0 heterocycles. The molecule has 1 nitrogen and oxygen atoms in total. The zero-order chi connectivity index (χ0) is 14.3. The molecular weight excluding hydrogens is 291 g/mol. The maximum Gasteiger partial charge on any atom is 0.115 e. The molecule has 104 valence electrons. The molecule has 0 saturated carbocycles. The highest BCUT2D eigenvalue weighted by atomic mass is 35.5. The van der Waals surface area contributed by atoms with Gasteiger partial charge in [0.1, 0.15) is 5.60 Å². The first kappa shape index (κ1) is 13.9. The van der Waals surface area contributed by atoms with Crippen molar-refractivity contribution in [2.75, 3.05) is 0 Å². The third kappa shape index (κ3) is 2.14. The van der Waals surface area contributed by atoms with Crippen LogP contribution in [0, 0.1) is 0 Å². The lowest BCUT2D eigenvalue weighted by atomic mass is 9.71. The van der Waals surface area contributed by atoms with Crippen molar-refractivity contribution in [2.45, 2.75) is 31.3 Å². The van der Waals surface area contributed by atoms with Crippen LogP contribution in [0.4, 0.5) is 0 Å². The molecule has 3 rings (SSSR count). The van der Waals surface area contributed by atoms with Crippen molar-refractivity contribution in [1.82, 2.24) is 0 Å². The van der Waals surface area contributed by atoms with Gasteiger partial charge >= 0.3 is 0 Å². The van der Waals surface area contributed by atoms with Crippen molar-refractivity contribution < 1.29 is 5.11 Å². The summed E-state index contributed by atoms with van der Waals surface area (Å²) in [6.07, 6.45) is 1.65. The Balaban J connectivity index is 2.17. The molecule has 20 heavy (non-hydrogen) atoms. The van der Waals surface area contributed by atoms with Gasteiger partial charge in [-0.3, -0.25) is 0 Å². The van der Waals surface area contributed by atoms with Crippen molar-refractivity contribution >= 4 is 23.2 Å². The summed E-state index contributed by atoms with van der Waals surface area (Å²) in [4.78, 5) is 0. The summed E-state index contributed by atoms with van der Waals surface area (Å²) in [6, 6.07) is 13.5. The molecule has 2 aromatic rings. The van der Waals surface area contributed by atoms with Crippen LogP contribution < -0.4 is 0 Å². The van der Waals surface area contributed by atoms with Gasteiger partial charge in [0.25, 0.3) is 0 Å². The van der Waals surface area contributed by atoms with E-state index in [4.69, 9.17) is 23.2 Å². The monoisotopic (exact) mass is 306 g/mol. The van der Waals surface area contributed by atoms with Crippen LogP contribution in [-0.4, -0.2) is 5.11 Å². The predicted molar refractivity (Wildman–Crippen MR) is 83.6 cm³/mol. The molecular formula is C17H16Cl2O. The normalized spacial score (nSPS) is 25.3. The van der Waals surface area contributed by atoms with Crippen molar-refractivity contribution in [3.8, 4) is 0 Å². The van der Waals surface area contributed by atoms with Gasteiger partial charge in [-0.2, -0.15) is 0 Å². The lowest BCUT2D eigenvalue weighted by molar-refractivity contribution is 0.0579. The summed E-state index contributed by atoms with van der Waals surface area (Å²) in [6.45, 7) is 2.20. The van der Waals surface area contributed by atoms with Crippen molar-refractivity contribution in [3.63, 3.8) is 0 Å². The summed E-state index contributed by atoms with van der Waals surface area (Å²) in [5.41, 5.74) is 2.04. The molecule has 0 spiro atoms. The summed E-state index contributed by atoms with van der Waals surface area (Å²) in [7, 11) is 0. The van der Waals surface area contributed by atoms with E-state index in [-0.39, 0.29) is 0 Å². The highest BCUT2D eigenvalue weighted by Crippen LogP contribution is 2.45. The van der Waals surface area contributed by atoms with Gasteiger partial charge < -0.3 is 5.11 Å². The zero-order valence-electron chi connectivity index (χ0n) is 11.2. The van der Waals surface area contributed by atoms with E-state index in [2.05, 4.69) is 13.0 Å². The second-order valence-corrected chi connectivity index (χ2v) is 6.33. The average molecular weight is 307 g/mol. The van der Waals surface area contributed by atoms with E-state index in [0.717, 1.165) is 17.5 Å². The fourth-order valence-corrected chi connectivity index (χ4v) is 3.37. The maximum absolute atomic E-state index is 11.2. The molecule has 0 amide bonds. The number of fused-ring (bicyclic) bond motifs is 1. The minimum atomic E-state index is -0.975.